The van der Waals surface area contributed by atoms with Gasteiger partial charge in [0.15, 0.2) is 0 Å². The number of phosphoric acid groups is 1. The Morgan fingerprint density at radius 3 is 1.47 bits per heavy atom. The minimum Gasteiger partial charge on any atom is -0.387 e. The number of rotatable bonds is 42. The van der Waals surface area contributed by atoms with Crippen molar-refractivity contribution < 1.29 is 32.9 Å². The minimum atomic E-state index is -4.37. The largest absolute Gasteiger partial charge is 0.472 e. The number of quaternary nitrogens is 1. The van der Waals surface area contributed by atoms with Crippen LogP contribution in [0, 0.1) is 0 Å². The summed E-state index contributed by atoms with van der Waals surface area (Å²) in [6, 6.07) is -0.895. The number of likely N-dealkylation sites (N-methyl/N-ethyl adjacent to an activating group) is 1. The van der Waals surface area contributed by atoms with Crippen molar-refractivity contribution in [1.29, 1.82) is 0 Å². The molecule has 0 fully saturated rings. The van der Waals surface area contributed by atoms with Crippen LogP contribution >= 0.6 is 7.82 Å². The summed E-state index contributed by atoms with van der Waals surface area (Å²) in [5, 5.41) is 13.8. The normalized spacial score (nSPS) is 14.9. The van der Waals surface area contributed by atoms with E-state index in [1.807, 2.05) is 27.2 Å². The first kappa shape index (κ1) is 56.9. The minimum absolute atomic E-state index is 0.0428. The molecule has 9 heteroatoms. The van der Waals surface area contributed by atoms with E-state index in [1.165, 1.54) is 116 Å². The average Bonchev–Trinajstić information content (AvgIpc) is 3.19. The van der Waals surface area contributed by atoms with E-state index in [9.17, 15) is 19.4 Å². The first-order valence-corrected chi connectivity index (χ1v) is 25.3. The van der Waals surface area contributed by atoms with Gasteiger partial charge in [-0.05, 0) is 70.6 Å². The summed E-state index contributed by atoms with van der Waals surface area (Å²) >= 11 is 0. The Bertz CT molecular complexity index is 1190. The number of unbranched alkanes of at least 4 members (excludes halogenated alkanes) is 19. The standard InChI is InChI=1S/C50H91N2O6P/c1-6-8-10-12-14-16-18-20-22-24-25-26-27-28-30-32-34-36-38-40-42-44-50(54)51-48(47-58-59(55,56)57-46-45-52(3,4)5)49(53)43-41-39-37-35-33-31-29-23-21-19-17-15-13-11-9-7-2/h22,24,26-27,30,32-33,35-36,38,41,43,48-49,53H,6-21,23,25,28-29,31,34,37,39-40,42,44-47H2,1-5H3,(H-,51,54,55,56)/p+1/b24-22+,27-26+,32-30+,35-33+,38-36+,43-41+/t48-,49+/m0/s1. The van der Waals surface area contributed by atoms with E-state index >= 15 is 0 Å². The number of nitrogens with one attached hydrogen (secondary N) is 1. The molecule has 0 spiro atoms. The van der Waals surface area contributed by atoms with Crippen molar-refractivity contribution in [3.63, 3.8) is 0 Å². The van der Waals surface area contributed by atoms with Gasteiger partial charge in [0.2, 0.25) is 5.91 Å². The van der Waals surface area contributed by atoms with Gasteiger partial charge in [-0.3, -0.25) is 13.8 Å². The van der Waals surface area contributed by atoms with Gasteiger partial charge in [-0.2, -0.15) is 0 Å². The van der Waals surface area contributed by atoms with E-state index < -0.39 is 20.0 Å². The van der Waals surface area contributed by atoms with Crippen molar-refractivity contribution in [2.75, 3.05) is 40.9 Å². The Labute approximate surface area is 364 Å². The zero-order valence-corrected chi connectivity index (χ0v) is 39.6. The van der Waals surface area contributed by atoms with Crippen molar-refractivity contribution >= 4 is 13.7 Å². The molecule has 0 aliphatic carbocycles. The number of carbonyl (C=O) groups is 1. The molecule has 0 bridgehead atoms. The Kier molecular flexibility index (Phi) is 39.9. The Morgan fingerprint density at radius 2 is 0.983 bits per heavy atom. The van der Waals surface area contributed by atoms with E-state index in [0.717, 1.165) is 44.9 Å². The third kappa shape index (κ3) is 43.8. The third-order valence-corrected chi connectivity index (χ3v) is 11.1. The van der Waals surface area contributed by atoms with Crippen molar-refractivity contribution in [1.82, 2.24) is 5.32 Å². The smallest absolute Gasteiger partial charge is 0.387 e. The molecule has 1 amide bonds. The van der Waals surface area contributed by atoms with Crippen molar-refractivity contribution in [3.8, 4) is 0 Å². The summed E-state index contributed by atoms with van der Waals surface area (Å²) in [6.07, 6.45) is 55.6. The maximum atomic E-state index is 12.9. The lowest BCUT2D eigenvalue weighted by Crippen LogP contribution is -2.45. The number of aliphatic hydroxyl groups is 1. The molecule has 342 valence electrons. The summed E-state index contributed by atoms with van der Waals surface area (Å²) in [5.74, 6) is -0.243. The molecule has 0 aromatic rings. The number of hydrogen-bond donors (Lipinski definition) is 3. The SMILES string of the molecule is CCCCCCCCC/C=C/C/C=C/C/C=C/C/C=C/CCCC(=O)N[C@@H](COP(=O)(O)OCC[N+](C)(C)C)[C@H](O)/C=C/CC/C=C/CCCCCCCCCCCC. The van der Waals surface area contributed by atoms with Crippen LogP contribution in [0.25, 0.3) is 0 Å². The highest BCUT2D eigenvalue weighted by Gasteiger charge is 2.27. The van der Waals surface area contributed by atoms with Crippen molar-refractivity contribution in [2.45, 2.75) is 199 Å². The molecule has 8 nitrogen and oxygen atoms in total. The predicted molar refractivity (Wildman–Crippen MR) is 253 cm³/mol. The van der Waals surface area contributed by atoms with Gasteiger partial charge in [0.1, 0.15) is 13.2 Å². The molecule has 0 aromatic heterocycles. The Balaban J connectivity index is 4.54. The molecule has 3 atom stereocenters. The molecule has 0 saturated heterocycles. The molecule has 0 saturated carbocycles. The number of nitrogens with zero attached hydrogens (tertiary/aromatic N) is 1. The molecule has 0 rings (SSSR count). The van der Waals surface area contributed by atoms with E-state index in [-0.39, 0.29) is 25.5 Å². The maximum Gasteiger partial charge on any atom is 0.472 e. The first-order valence-electron chi connectivity index (χ1n) is 23.8. The van der Waals surface area contributed by atoms with Gasteiger partial charge in [0.05, 0.1) is 39.9 Å². The predicted octanol–water partition coefficient (Wildman–Crippen LogP) is 13.6. The van der Waals surface area contributed by atoms with Crippen molar-refractivity contribution in [2.24, 2.45) is 0 Å². The molecule has 0 aromatic carbocycles. The third-order valence-electron chi connectivity index (χ3n) is 10.1. The van der Waals surface area contributed by atoms with Gasteiger partial charge in [-0.1, -0.05) is 183 Å². The number of amides is 1. The van der Waals surface area contributed by atoms with Crippen LogP contribution in [0.15, 0.2) is 72.9 Å². The van der Waals surface area contributed by atoms with Gasteiger partial charge in [0.25, 0.3) is 0 Å². The number of hydrogen-bond acceptors (Lipinski definition) is 5. The lowest BCUT2D eigenvalue weighted by Gasteiger charge is -2.25. The maximum absolute atomic E-state index is 12.9. The summed E-state index contributed by atoms with van der Waals surface area (Å²) in [5.41, 5.74) is 0. The molecule has 59 heavy (non-hydrogen) atoms. The number of phosphoric ester groups is 1. The molecule has 0 aliphatic rings. The number of allylic oxidation sites excluding steroid dienone is 11. The van der Waals surface area contributed by atoms with E-state index in [4.69, 9.17) is 9.05 Å². The fraction of sp³-hybridized carbons (Fsp3) is 0.740. The van der Waals surface area contributed by atoms with Crippen LogP contribution in [-0.4, -0.2) is 73.4 Å². The zero-order valence-electron chi connectivity index (χ0n) is 38.7. The second kappa shape index (κ2) is 41.3. The van der Waals surface area contributed by atoms with Gasteiger partial charge in [-0.15, -0.1) is 0 Å². The van der Waals surface area contributed by atoms with Crippen LogP contribution in [0.5, 0.6) is 0 Å². The summed E-state index contributed by atoms with van der Waals surface area (Å²) < 4.78 is 23.5. The van der Waals surface area contributed by atoms with Crippen LogP contribution in [0.1, 0.15) is 187 Å². The molecule has 0 aliphatic heterocycles. The number of aliphatic hydroxyl groups excluding tert-OH is 1. The second-order valence-electron chi connectivity index (χ2n) is 17.1. The fourth-order valence-electron chi connectivity index (χ4n) is 6.34. The van der Waals surface area contributed by atoms with Crippen LogP contribution in [-0.2, 0) is 18.4 Å². The van der Waals surface area contributed by atoms with Crippen LogP contribution < -0.4 is 5.32 Å². The lowest BCUT2D eigenvalue weighted by atomic mass is 10.1. The van der Waals surface area contributed by atoms with Crippen LogP contribution in [0.3, 0.4) is 0 Å². The highest BCUT2D eigenvalue weighted by molar-refractivity contribution is 7.47. The highest BCUT2D eigenvalue weighted by Crippen LogP contribution is 2.43. The molecule has 0 radical (unpaired) electrons. The topological polar surface area (TPSA) is 105 Å². The summed E-state index contributed by atoms with van der Waals surface area (Å²) in [6.45, 7) is 4.73. The average molecular weight is 848 g/mol. The fourth-order valence-corrected chi connectivity index (χ4v) is 7.08. The van der Waals surface area contributed by atoms with Crippen LogP contribution in [0.2, 0.25) is 0 Å². The Morgan fingerprint density at radius 1 is 0.576 bits per heavy atom. The molecular weight excluding hydrogens is 756 g/mol. The quantitative estimate of drug-likeness (QED) is 0.0245. The molecule has 1 unspecified atom stereocenters. The second-order valence-corrected chi connectivity index (χ2v) is 18.6. The van der Waals surface area contributed by atoms with Gasteiger partial charge < -0.3 is 19.8 Å². The van der Waals surface area contributed by atoms with E-state index in [2.05, 4.69) is 79.9 Å². The lowest BCUT2D eigenvalue weighted by molar-refractivity contribution is -0.870. The molecule has 3 N–H and O–H groups in total. The number of carbonyl (C=O) groups excluding carboxylic acids is 1. The van der Waals surface area contributed by atoms with Crippen molar-refractivity contribution in [3.05, 3.63) is 72.9 Å². The first-order chi connectivity index (χ1) is 28.5. The van der Waals surface area contributed by atoms with E-state index in [1.54, 1.807) is 6.08 Å². The molecular formula is C50H92N2O6P+. The Hall–Kier alpha value is -2.06. The molecule has 0 heterocycles. The van der Waals surface area contributed by atoms with E-state index in [0.29, 0.717) is 17.4 Å². The van der Waals surface area contributed by atoms with Gasteiger partial charge in [-0.25, -0.2) is 4.57 Å². The van der Waals surface area contributed by atoms with Gasteiger partial charge in [0, 0.05) is 6.42 Å². The highest BCUT2D eigenvalue weighted by atomic mass is 31.2. The zero-order chi connectivity index (χ0) is 43.6. The monoisotopic (exact) mass is 848 g/mol. The summed E-state index contributed by atoms with van der Waals surface area (Å²) in [7, 11) is 1.51. The summed E-state index contributed by atoms with van der Waals surface area (Å²) in [4.78, 5) is 23.1. The van der Waals surface area contributed by atoms with Gasteiger partial charge >= 0.3 is 7.82 Å². The van der Waals surface area contributed by atoms with Crippen LogP contribution in [0.4, 0.5) is 0 Å².